The van der Waals surface area contributed by atoms with E-state index in [4.69, 9.17) is 5.73 Å². The molecule has 106 valence electrons. The molecule has 0 aliphatic rings. The van der Waals surface area contributed by atoms with Gasteiger partial charge in [0.1, 0.15) is 0 Å². The molecular weight excluding hydrogens is 236 g/mol. The molecule has 1 amide bonds. The number of nitrogens with two attached hydrogens (primary N) is 1. The quantitative estimate of drug-likeness (QED) is 0.856. The Bertz CT molecular complexity index is 400. The van der Waals surface area contributed by atoms with Gasteiger partial charge in [0.15, 0.2) is 0 Å². The van der Waals surface area contributed by atoms with Crippen molar-refractivity contribution >= 4 is 5.91 Å². The molecule has 0 heterocycles. The first-order valence-electron chi connectivity index (χ1n) is 6.95. The second kappa shape index (κ2) is 6.71. The molecule has 0 radical (unpaired) electrons. The molecule has 1 aromatic carbocycles. The minimum atomic E-state index is -0.0894. The van der Waals surface area contributed by atoms with Crippen LogP contribution >= 0.6 is 0 Å². The van der Waals surface area contributed by atoms with E-state index in [0.717, 1.165) is 12.0 Å². The molecule has 19 heavy (non-hydrogen) atoms. The lowest BCUT2D eigenvalue weighted by atomic mass is 9.98. The first-order chi connectivity index (χ1) is 8.88. The Hall–Kier alpha value is -1.35. The minimum Gasteiger partial charge on any atom is -0.341 e. The van der Waals surface area contributed by atoms with Gasteiger partial charge in [0, 0.05) is 25.0 Å². The van der Waals surface area contributed by atoms with Crippen molar-refractivity contribution in [1.29, 1.82) is 0 Å². The number of benzene rings is 1. The van der Waals surface area contributed by atoms with Crippen molar-refractivity contribution in [3.8, 4) is 0 Å². The van der Waals surface area contributed by atoms with E-state index in [1.165, 1.54) is 0 Å². The maximum Gasteiger partial charge on any atom is 0.222 e. The zero-order valence-corrected chi connectivity index (χ0v) is 12.5. The SMILES string of the molecule is CCC(C)(C)N(C)C(=O)CCC(N)c1ccccc1. The lowest BCUT2D eigenvalue weighted by Gasteiger charge is -2.35. The van der Waals surface area contributed by atoms with Crippen molar-refractivity contribution < 1.29 is 4.79 Å². The fraction of sp³-hybridized carbons (Fsp3) is 0.562. The van der Waals surface area contributed by atoms with Crippen molar-refractivity contribution in [2.24, 2.45) is 5.73 Å². The highest BCUT2D eigenvalue weighted by atomic mass is 16.2. The maximum absolute atomic E-state index is 12.2. The highest BCUT2D eigenvalue weighted by Crippen LogP contribution is 2.20. The number of hydrogen-bond acceptors (Lipinski definition) is 2. The number of amides is 1. The van der Waals surface area contributed by atoms with Crippen molar-refractivity contribution in [1.82, 2.24) is 4.90 Å². The fourth-order valence-electron chi connectivity index (χ4n) is 1.89. The number of hydrogen-bond donors (Lipinski definition) is 1. The van der Waals surface area contributed by atoms with Gasteiger partial charge in [0.05, 0.1) is 0 Å². The van der Waals surface area contributed by atoms with Crippen LogP contribution in [0.3, 0.4) is 0 Å². The zero-order chi connectivity index (χ0) is 14.5. The molecular formula is C16H26N2O. The molecule has 3 heteroatoms. The van der Waals surface area contributed by atoms with Gasteiger partial charge < -0.3 is 10.6 Å². The minimum absolute atomic E-state index is 0.0664. The van der Waals surface area contributed by atoms with Crippen LogP contribution in [0, 0.1) is 0 Å². The fourth-order valence-corrected chi connectivity index (χ4v) is 1.89. The molecule has 1 atom stereocenters. The molecule has 0 saturated carbocycles. The van der Waals surface area contributed by atoms with Crippen LogP contribution in [0.1, 0.15) is 51.6 Å². The summed E-state index contributed by atoms with van der Waals surface area (Å²) in [7, 11) is 1.87. The predicted octanol–water partition coefficient (Wildman–Crippen LogP) is 3.11. The van der Waals surface area contributed by atoms with E-state index in [2.05, 4.69) is 20.8 Å². The molecule has 1 rings (SSSR count). The molecule has 0 bridgehead atoms. The van der Waals surface area contributed by atoms with Crippen LogP contribution in [0.5, 0.6) is 0 Å². The Balaban J connectivity index is 2.51. The lowest BCUT2D eigenvalue weighted by Crippen LogP contribution is -2.44. The summed E-state index contributed by atoms with van der Waals surface area (Å²) in [5.41, 5.74) is 7.12. The summed E-state index contributed by atoms with van der Waals surface area (Å²) >= 11 is 0. The Morgan fingerprint density at radius 2 is 1.89 bits per heavy atom. The van der Waals surface area contributed by atoms with Crippen molar-refractivity contribution in [3.63, 3.8) is 0 Å². The molecule has 0 aromatic heterocycles. The summed E-state index contributed by atoms with van der Waals surface area (Å²) in [6.45, 7) is 6.27. The average Bonchev–Trinajstić information content (AvgIpc) is 2.44. The van der Waals surface area contributed by atoms with Gasteiger partial charge in [-0.25, -0.2) is 0 Å². The van der Waals surface area contributed by atoms with E-state index < -0.39 is 0 Å². The van der Waals surface area contributed by atoms with E-state index in [1.54, 1.807) is 0 Å². The second-order valence-electron chi connectivity index (χ2n) is 5.67. The summed E-state index contributed by atoms with van der Waals surface area (Å²) in [5.74, 6) is 0.165. The highest BCUT2D eigenvalue weighted by Gasteiger charge is 2.25. The summed E-state index contributed by atoms with van der Waals surface area (Å²) in [4.78, 5) is 14.0. The Labute approximate surface area is 116 Å². The third-order valence-electron chi connectivity index (χ3n) is 4.04. The van der Waals surface area contributed by atoms with Gasteiger partial charge in [-0.3, -0.25) is 4.79 Å². The first kappa shape index (κ1) is 15.7. The summed E-state index contributed by atoms with van der Waals surface area (Å²) in [6.07, 6.45) is 2.13. The Morgan fingerprint density at radius 1 is 1.32 bits per heavy atom. The van der Waals surface area contributed by atoms with Gasteiger partial charge >= 0.3 is 0 Å². The van der Waals surface area contributed by atoms with Gasteiger partial charge in [-0.1, -0.05) is 37.3 Å². The van der Waals surface area contributed by atoms with Crippen LogP contribution in [0.15, 0.2) is 30.3 Å². The standard InChI is InChI=1S/C16H26N2O/c1-5-16(2,3)18(4)15(19)12-11-14(17)13-9-7-6-8-10-13/h6-10,14H,5,11-12,17H2,1-4H3. The lowest BCUT2D eigenvalue weighted by molar-refractivity contribution is -0.134. The van der Waals surface area contributed by atoms with Crippen molar-refractivity contribution in [2.45, 2.75) is 51.6 Å². The number of rotatable bonds is 6. The van der Waals surface area contributed by atoms with Crippen molar-refractivity contribution in [3.05, 3.63) is 35.9 Å². The van der Waals surface area contributed by atoms with Crippen LogP contribution < -0.4 is 5.73 Å². The Kier molecular flexibility index (Phi) is 5.55. The zero-order valence-electron chi connectivity index (χ0n) is 12.5. The summed E-state index contributed by atoms with van der Waals surface area (Å²) < 4.78 is 0. The van der Waals surface area contributed by atoms with Gasteiger partial charge in [-0.2, -0.15) is 0 Å². The number of carbonyl (C=O) groups is 1. The number of carbonyl (C=O) groups excluding carboxylic acids is 1. The molecule has 0 fully saturated rings. The largest absolute Gasteiger partial charge is 0.341 e. The van der Waals surface area contributed by atoms with E-state index in [0.29, 0.717) is 12.8 Å². The van der Waals surface area contributed by atoms with E-state index >= 15 is 0 Å². The summed E-state index contributed by atoms with van der Waals surface area (Å²) in [6, 6.07) is 9.87. The monoisotopic (exact) mass is 262 g/mol. The van der Waals surface area contributed by atoms with Crippen molar-refractivity contribution in [2.75, 3.05) is 7.05 Å². The average molecular weight is 262 g/mol. The third-order valence-corrected chi connectivity index (χ3v) is 4.04. The van der Waals surface area contributed by atoms with Crippen LogP contribution in [0.2, 0.25) is 0 Å². The molecule has 0 aliphatic carbocycles. The van der Waals surface area contributed by atoms with Crippen LogP contribution in [0.4, 0.5) is 0 Å². The van der Waals surface area contributed by atoms with Gasteiger partial charge in [-0.05, 0) is 32.3 Å². The smallest absolute Gasteiger partial charge is 0.222 e. The molecule has 0 spiro atoms. The predicted molar refractivity (Wildman–Crippen MR) is 79.7 cm³/mol. The molecule has 2 N–H and O–H groups in total. The summed E-state index contributed by atoms with van der Waals surface area (Å²) in [5, 5.41) is 0. The maximum atomic E-state index is 12.2. The van der Waals surface area contributed by atoms with Crippen LogP contribution in [-0.2, 0) is 4.79 Å². The van der Waals surface area contributed by atoms with Crippen LogP contribution in [-0.4, -0.2) is 23.4 Å². The highest BCUT2D eigenvalue weighted by molar-refractivity contribution is 5.76. The first-order valence-corrected chi connectivity index (χ1v) is 6.95. The van der Waals surface area contributed by atoms with Gasteiger partial charge in [0.2, 0.25) is 5.91 Å². The normalized spacial score (nSPS) is 13.1. The van der Waals surface area contributed by atoms with E-state index in [9.17, 15) is 4.79 Å². The molecule has 0 aliphatic heterocycles. The third kappa shape index (κ3) is 4.35. The molecule has 3 nitrogen and oxygen atoms in total. The molecule has 0 saturated heterocycles. The van der Waals surface area contributed by atoms with Crippen LogP contribution in [0.25, 0.3) is 0 Å². The van der Waals surface area contributed by atoms with Gasteiger partial charge in [-0.15, -0.1) is 0 Å². The molecule has 1 unspecified atom stereocenters. The van der Waals surface area contributed by atoms with E-state index in [1.807, 2.05) is 42.3 Å². The Morgan fingerprint density at radius 3 is 2.42 bits per heavy atom. The number of nitrogens with zero attached hydrogens (tertiary/aromatic N) is 1. The van der Waals surface area contributed by atoms with E-state index in [-0.39, 0.29) is 17.5 Å². The topological polar surface area (TPSA) is 46.3 Å². The second-order valence-corrected chi connectivity index (χ2v) is 5.67. The molecule has 1 aromatic rings. The van der Waals surface area contributed by atoms with Gasteiger partial charge in [0.25, 0.3) is 0 Å².